The Kier molecular flexibility index (Phi) is 14.1. The first-order valence-electron chi connectivity index (χ1n) is 7.01. The Balaban J connectivity index is 2.98. The average molecular weight is 267 g/mol. The number of hydrogen-bond acceptors (Lipinski definition) is 0. The van der Waals surface area contributed by atoms with Crippen molar-refractivity contribution in [2.24, 2.45) is 0 Å². The van der Waals surface area contributed by atoms with Gasteiger partial charge in [0, 0.05) is 11.3 Å². The van der Waals surface area contributed by atoms with E-state index in [-0.39, 0.29) is 0 Å². The van der Waals surface area contributed by atoms with Gasteiger partial charge in [-0.05, 0) is 12.8 Å². The SMILES string of the molecule is CCCCCCCCCCCC(Cl)CCCl. The van der Waals surface area contributed by atoms with Gasteiger partial charge in [0.15, 0.2) is 0 Å². The summed E-state index contributed by atoms with van der Waals surface area (Å²) in [5, 5.41) is 0.307. The van der Waals surface area contributed by atoms with Crippen LogP contribution in [0.5, 0.6) is 0 Å². The molecule has 0 spiro atoms. The lowest BCUT2D eigenvalue weighted by Crippen LogP contribution is -1.98. The Morgan fingerprint density at radius 3 is 1.75 bits per heavy atom. The van der Waals surface area contributed by atoms with Gasteiger partial charge < -0.3 is 0 Å². The number of halogens is 2. The lowest BCUT2D eigenvalue weighted by atomic mass is 10.1. The molecule has 0 aromatic rings. The monoisotopic (exact) mass is 266 g/mol. The van der Waals surface area contributed by atoms with Crippen LogP contribution in [0.15, 0.2) is 0 Å². The van der Waals surface area contributed by atoms with Crippen LogP contribution in [0.4, 0.5) is 0 Å². The first-order valence-corrected chi connectivity index (χ1v) is 7.98. The number of hydrogen-bond donors (Lipinski definition) is 0. The van der Waals surface area contributed by atoms with Gasteiger partial charge in [-0.2, -0.15) is 0 Å². The molecule has 0 amide bonds. The minimum atomic E-state index is 0.307. The van der Waals surface area contributed by atoms with Crippen LogP contribution in [0.2, 0.25) is 0 Å². The lowest BCUT2D eigenvalue weighted by molar-refractivity contribution is 0.550. The van der Waals surface area contributed by atoms with Crippen LogP contribution in [-0.2, 0) is 0 Å². The van der Waals surface area contributed by atoms with Crippen LogP contribution in [0.3, 0.4) is 0 Å². The Morgan fingerprint density at radius 2 is 1.25 bits per heavy atom. The van der Waals surface area contributed by atoms with E-state index in [1.54, 1.807) is 0 Å². The predicted molar refractivity (Wildman–Crippen MR) is 76.8 cm³/mol. The normalized spacial score (nSPS) is 12.9. The molecule has 1 atom stereocenters. The zero-order valence-electron chi connectivity index (χ0n) is 10.8. The second-order valence-electron chi connectivity index (χ2n) is 4.69. The first-order chi connectivity index (χ1) is 7.81. The Morgan fingerprint density at radius 1 is 0.750 bits per heavy atom. The summed E-state index contributed by atoms with van der Waals surface area (Å²) in [6, 6.07) is 0. The van der Waals surface area contributed by atoms with Gasteiger partial charge in [0.25, 0.3) is 0 Å². The van der Waals surface area contributed by atoms with Crippen molar-refractivity contribution < 1.29 is 0 Å². The van der Waals surface area contributed by atoms with E-state index in [4.69, 9.17) is 23.2 Å². The van der Waals surface area contributed by atoms with E-state index < -0.39 is 0 Å². The summed E-state index contributed by atoms with van der Waals surface area (Å²) in [4.78, 5) is 0. The molecule has 0 aliphatic carbocycles. The minimum Gasteiger partial charge on any atom is -0.127 e. The zero-order chi connectivity index (χ0) is 12.1. The van der Waals surface area contributed by atoms with E-state index in [0.717, 1.165) is 12.8 Å². The van der Waals surface area contributed by atoms with Crippen LogP contribution in [0.1, 0.15) is 77.6 Å². The largest absolute Gasteiger partial charge is 0.127 e. The number of unbranched alkanes of at least 4 members (excludes halogenated alkanes) is 8. The summed E-state index contributed by atoms with van der Waals surface area (Å²) < 4.78 is 0. The highest BCUT2D eigenvalue weighted by Crippen LogP contribution is 2.15. The van der Waals surface area contributed by atoms with Crippen LogP contribution in [-0.4, -0.2) is 11.3 Å². The van der Waals surface area contributed by atoms with Crippen molar-refractivity contribution in [2.75, 3.05) is 5.88 Å². The molecule has 0 aromatic heterocycles. The van der Waals surface area contributed by atoms with Crippen molar-refractivity contribution in [3.05, 3.63) is 0 Å². The van der Waals surface area contributed by atoms with Gasteiger partial charge in [0.05, 0.1) is 0 Å². The molecule has 0 aliphatic rings. The van der Waals surface area contributed by atoms with Crippen molar-refractivity contribution in [1.29, 1.82) is 0 Å². The van der Waals surface area contributed by atoms with E-state index in [1.165, 1.54) is 57.8 Å². The molecular weight excluding hydrogens is 239 g/mol. The average Bonchev–Trinajstić information content (AvgIpc) is 2.27. The van der Waals surface area contributed by atoms with E-state index in [2.05, 4.69) is 6.92 Å². The zero-order valence-corrected chi connectivity index (χ0v) is 12.3. The van der Waals surface area contributed by atoms with Gasteiger partial charge in [-0.1, -0.05) is 64.7 Å². The Bertz CT molecular complexity index is 126. The molecule has 0 bridgehead atoms. The van der Waals surface area contributed by atoms with Crippen molar-refractivity contribution in [3.8, 4) is 0 Å². The molecule has 0 aliphatic heterocycles. The molecule has 0 N–H and O–H groups in total. The molecule has 0 aromatic carbocycles. The van der Waals surface area contributed by atoms with Gasteiger partial charge >= 0.3 is 0 Å². The Labute approximate surface area is 112 Å². The van der Waals surface area contributed by atoms with Crippen molar-refractivity contribution in [3.63, 3.8) is 0 Å². The molecular formula is C14H28Cl2. The minimum absolute atomic E-state index is 0.307. The van der Waals surface area contributed by atoms with E-state index >= 15 is 0 Å². The van der Waals surface area contributed by atoms with Crippen molar-refractivity contribution in [1.82, 2.24) is 0 Å². The summed E-state index contributed by atoms with van der Waals surface area (Å²) in [6.07, 6.45) is 14.6. The highest BCUT2D eigenvalue weighted by atomic mass is 35.5. The summed E-state index contributed by atoms with van der Waals surface area (Å²) in [5.41, 5.74) is 0. The van der Waals surface area contributed by atoms with Gasteiger partial charge in [0.2, 0.25) is 0 Å². The summed E-state index contributed by atoms with van der Waals surface area (Å²) in [6.45, 7) is 2.27. The third-order valence-electron chi connectivity index (χ3n) is 3.04. The molecule has 0 fully saturated rings. The molecule has 2 heteroatoms. The van der Waals surface area contributed by atoms with Gasteiger partial charge in [-0.15, -0.1) is 23.2 Å². The molecule has 0 rings (SSSR count). The molecule has 0 nitrogen and oxygen atoms in total. The van der Waals surface area contributed by atoms with E-state index in [9.17, 15) is 0 Å². The number of rotatable bonds is 12. The first kappa shape index (κ1) is 16.6. The Hall–Kier alpha value is 0.580. The summed E-state index contributed by atoms with van der Waals surface area (Å²) in [5.74, 6) is 0.700. The van der Waals surface area contributed by atoms with Crippen LogP contribution in [0.25, 0.3) is 0 Å². The molecule has 1 unspecified atom stereocenters. The van der Waals surface area contributed by atoms with Crippen molar-refractivity contribution >= 4 is 23.2 Å². The van der Waals surface area contributed by atoms with Crippen molar-refractivity contribution in [2.45, 2.75) is 82.9 Å². The fraction of sp³-hybridized carbons (Fsp3) is 1.00. The standard InChI is InChI=1S/C14H28Cl2/c1-2-3-4-5-6-7-8-9-10-11-14(16)12-13-15/h14H,2-13H2,1H3. The van der Waals surface area contributed by atoms with Gasteiger partial charge in [-0.3, -0.25) is 0 Å². The fourth-order valence-corrected chi connectivity index (χ4v) is 2.58. The third kappa shape index (κ3) is 12.6. The van der Waals surface area contributed by atoms with Crippen LogP contribution < -0.4 is 0 Å². The van der Waals surface area contributed by atoms with Gasteiger partial charge in [0.1, 0.15) is 0 Å². The molecule has 0 saturated heterocycles. The predicted octanol–water partition coefficient (Wildman–Crippen LogP) is 6.14. The quantitative estimate of drug-likeness (QED) is 0.294. The molecule has 0 radical (unpaired) electrons. The summed E-state index contributed by atoms with van der Waals surface area (Å²) in [7, 11) is 0. The second kappa shape index (κ2) is 13.6. The van der Waals surface area contributed by atoms with Crippen LogP contribution in [0, 0.1) is 0 Å². The number of alkyl halides is 2. The summed E-state index contributed by atoms with van der Waals surface area (Å²) >= 11 is 11.7. The van der Waals surface area contributed by atoms with E-state index in [0.29, 0.717) is 11.3 Å². The highest BCUT2D eigenvalue weighted by molar-refractivity contribution is 6.22. The lowest BCUT2D eigenvalue weighted by Gasteiger charge is -2.06. The third-order valence-corrected chi connectivity index (χ3v) is 3.70. The molecule has 98 valence electrons. The fourth-order valence-electron chi connectivity index (χ4n) is 1.94. The van der Waals surface area contributed by atoms with Gasteiger partial charge in [-0.25, -0.2) is 0 Å². The smallest absolute Gasteiger partial charge is 0.0347 e. The molecule has 16 heavy (non-hydrogen) atoms. The van der Waals surface area contributed by atoms with Crippen LogP contribution >= 0.6 is 23.2 Å². The molecule has 0 heterocycles. The highest BCUT2D eigenvalue weighted by Gasteiger charge is 2.02. The molecule has 0 saturated carbocycles. The maximum Gasteiger partial charge on any atom is 0.0347 e. The maximum absolute atomic E-state index is 6.09. The topological polar surface area (TPSA) is 0 Å². The second-order valence-corrected chi connectivity index (χ2v) is 5.69. The van der Waals surface area contributed by atoms with E-state index in [1.807, 2.05) is 0 Å². The maximum atomic E-state index is 6.09.